The summed E-state index contributed by atoms with van der Waals surface area (Å²) in [7, 11) is -0.521. The molecule has 8 heteroatoms. The van der Waals surface area contributed by atoms with Crippen molar-refractivity contribution < 1.29 is 13.2 Å². The molecule has 0 aliphatic rings. The van der Waals surface area contributed by atoms with Crippen molar-refractivity contribution in [2.45, 2.75) is 19.1 Å². The molecule has 0 aromatic carbocycles. The summed E-state index contributed by atoms with van der Waals surface area (Å²) in [6.45, 7) is 3.08. The molecule has 0 aliphatic carbocycles. The lowest BCUT2D eigenvalue weighted by atomic mass is 10.5. The molecular weight excluding hydrogens is 262 g/mol. The molecule has 2 N–H and O–H groups in total. The van der Waals surface area contributed by atoms with Crippen LogP contribution in [-0.2, 0) is 14.8 Å². The monoisotopic (exact) mass is 281 g/mol. The fourth-order valence-electron chi connectivity index (χ4n) is 1.04. The first-order chi connectivity index (χ1) is 7.64. The number of nitrogens with zero attached hydrogens (tertiary/aromatic N) is 2. The van der Waals surface area contributed by atoms with Crippen LogP contribution in [0, 0.1) is 0 Å². The fraction of sp³-hybridized carbons (Fsp3) is 0.778. The third-order valence-corrected chi connectivity index (χ3v) is 5.13. The molecule has 17 heavy (non-hydrogen) atoms. The van der Waals surface area contributed by atoms with Gasteiger partial charge in [0.15, 0.2) is 0 Å². The Balaban J connectivity index is 5.01. The maximum atomic E-state index is 12.0. The van der Waals surface area contributed by atoms with Crippen LogP contribution in [0.2, 0.25) is 0 Å². The molecule has 1 unspecified atom stereocenters. The lowest BCUT2D eigenvalue weighted by molar-refractivity contribution is -0.128. The minimum Gasteiger partial charge on any atom is -0.392 e. The standard InChI is InChI=1S/C9H19N3O3S2/c1-5-12(6-8(13)11(3)4)17(14,15)7(2)9(10)16/h7H,5-6H2,1-4H3,(H2,10,16). The van der Waals surface area contributed by atoms with Crippen LogP contribution in [0.25, 0.3) is 0 Å². The van der Waals surface area contributed by atoms with Gasteiger partial charge in [0.2, 0.25) is 15.9 Å². The predicted octanol–water partition coefficient (Wildman–Crippen LogP) is -0.599. The van der Waals surface area contributed by atoms with Gasteiger partial charge in [-0.05, 0) is 6.92 Å². The Hall–Kier alpha value is -0.730. The summed E-state index contributed by atoms with van der Waals surface area (Å²) in [5.41, 5.74) is 5.34. The van der Waals surface area contributed by atoms with Crippen LogP contribution in [0.15, 0.2) is 0 Å². The molecule has 6 nitrogen and oxygen atoms in total. The lowest BCUT2D eigenvalue weighted by Crippen LogP contribution is -2.46. The molecule has 0 saturated heterocycles. The molecule has 100 valence electrons. The zero-order valence-corrected chi connectivity index (χ0v) is 12.1. The second-order valence-electron chi connectivity index (χ2n) is 3.80. The number of hydrogen-bond acceptors (Lipinski definition) is 4. The van der Waals surface area contributed by atoms with Crippen LogP contribution < -0.4 is 5.73 Å². The minimum atomic E-state index is -3.66. The largest absolute Gasteiger partial charge is 0.392 e. The molecule has 0 saturated carbocycles. The van der Waals surface area contributed by atoms with Crippen molar-refractivity contribution in [1.29, 1.82) is 0 Å². The molecule has 0 fully saturated rings. The van der Waals surface area contributed by atoms with Gasteiger partial charge in [0.1, 0.15) is 5.25 Å². The fourth-order valence-corrected chi connectivity index (χ4v) is 2.80. The van der Waals surface area contributed by atoms with Crippen molar-refractivity contribution in [3.8, 4) is 0 Å². The Kier molecular flexibility index (Phi) is 6.00. The summed E-state index contributed by atoms with van der Waals surface area (Å²) in [5, 5.41) is -0.965. The molecule has 0 aromatic heterocycles. The zero-order chi connectivity index (χ0) is 13.8. The maximum absolute atomic E-state index is 12.0. The smallest absolute Gasteiger partial charge is 0.237 e. The van der Waals surface area contributed by atoms with Gasteiger partial charge in [-0.1, -0.05) is 19.1 Å². The molecular formula is C9H19N3O3S2. The van der Waals surface area contributed by atoms with Crippen LogP contribution in [0.1, 0.15) is 13.8 Å². The van der Waals surface area contributed by atoms with Crippen molar-refractivity contribution in [1.82, 2.24) is 9.21 Å². The van der Waals surface area contributed by atoms with Gasteiger partial charge in [0, 0.05) is 20.6 Å². The predicted molar refractivity (Wildman–Crippen MR) is 71.1 cm³/mol. The van der Waals surface area contributed by atoms with E-state index in [2.05, 4.69) is 12.2 Å². The summed E-state index contributed by atoms with van der Waals surface area (Å²) in [5.74, 6) is -0.287. The van der Waals surface area contributed by atoms with E-state index in [1.807, 2.05) is 0 Å². The zero-order valence-electron chi connectivity index (χ0n) is 10.5. The first-order valence-electron chi connectivity index (χ1n) is 5.13. The van der Waals surface area contributed by atoms with Gasteiger partial charge < -0.3 is 10.6 Å². The van der Waals surface area contributed by atoms with Crippen LogP contribution in [0.4, 0.5) is 0 Å². The van der Waals surface area contributed by atoms with E-state index in [1.165, 1.54) is 11.8 Å². The van der Waals surface area contributed by atoms with Gasteiger partial charge in [0.05, 0.1) is 11.5 Å². The van der Waals surface area contributed by atoms with E-state index in [0.29, 0.717) is 0 Å². The molecule has 1 amide bonds. The highest BCUT2D eigenvalue weighted by atomic mass is 32.2. The molecule has 0 spiro atoms. The number of sulfonamides is 1. The van der Waals surface area contributed by atoms with Gasteiger partial charge in [0.25, 0.3) is 0 Å². The molecule has 0 bridgehead atoms. The molecule has 0 aromatic rings. The van der Waals surface area contributed by atoms with Gasteiger partial charge in [-0.15, -0.1) is 0 Å². The summed E-state index contributed by atoms with van der Waals surface area (Å²) in [6.07, 6.45) is 0. The average molecular weight is 281 g/mol. The average Bonchev–Trinajstić information content (AvgIpc) is 2.23. The third-order valence-electron chi connectivity index (χ3n) is 2.37. The lowest BCUT2D eigenvalue weighted by Gasteiger charge is -2.24. The Morgan fingerprint density at radius 1 is 1.41 bits per heavy atom. The molecule has 0 rings (SSSR count). The van der Waals surface area contributed by atoms with Crippen LogP contribution in [0.5, 0.6) is 0 Å². The number of nitrogens with two attached hydrogens (primary N) is 1. The second-order valence-corrected chi connectivity index (χ2v) is 6.53. The summed E-state index contributed by atoms with van der Waals surface area (Å²) < 4.78 is 25.2. The Morgan fingerprint density at radius 3 is 2.18 bits per heavy atom. The van der Waals surface area contributed by atoms with Gasteiger partial charge >= 0.3 is 0 Å². The van der Waals surface area contributed by atoms with Crippen LogP contribution in [-0.4, -0.2) is 61.0 Å². The number of hydrogen-bond donors (Lipinski definition) is 1. The Labute approximate surface area is 108 Å². The molecule has 0 heterocycles. The van der Waals surface area contributed by atoms with E-state index in [9.17, 15) is 13.2 Å². The van der Waals surface area contributed by atoms with Gasteiger partial charge in [-0.3, -0.25) is 4.79 Å². The minimum absolute atomic E-state index is 0.0965. The van der Waals surface area contributed by atoms with E-state index >= 15 is 0 Å². The quantitative estimate of drug-likeness (QED) is 0.657. The SMILES string of the molecule is CCN(CC(=O)N(C)C)S(=O)(=O)C(C)C(N)=S. The number of thiocarbonyl (C=S) groups is 1. The molecule has 0 aliphatic heterocycles. The van der Waals surface area contributed by atoms with Gasteiger partial charge in [-0.25, -0.2) is 8.42 Å². The van der Waals surface area contributed by atoms with Crippen molar-refractivity contribution in [3.05, 3.63) is 0 Å². The summed E-state index contributed by atoms with van der Waals surface area (Å²) in [6, 6.07) is 0. The topological polar surface area (TPSA) is 83.7 Å². The number of likely N-dealkylation sites (N-methyl/N-ethyl adjacent to an activating group) is 2. The van der Waals surface area contributed by atoms with Crippen molar-refractivity contribution in [2.24, 2.45) is 5.73 Å². The third kappa shape index (κ3) is 4.21. The van der Waals surface area contributed by atoms with E-state index < -0.39 is 15.3 Å². The first-order valence-corrected chi connectivity index (χ1v) is 7.04. The van der Waals surface area contributed by atoms with E-state index in [0.717, 1.165) is 4.31 Å². The van der Waals surface area contributed by atoms with Crippen molar-refractivity contribution in [3.63, 3.8) is 0 Å². The Morgan fingerprint density at radius 2 is 1.88 bits per heavy atom. The molecule has 1 atom stereocenters. The van der Waals surface area contributed by atoms with Gasteiger partial charge in [-0.2, -0.15) is 4.31 Å². The number of rotatable bonds is 6. The highest BCUT2D eigenvalue weighted by molar-refractivity contribution is 7.92. The molecule has 0 radical (unpaired) electrons. The number of carbonyl (C=O) groups excluding carboxylic acids is 1. The summed E-state index contributed by atoms with van der Waals surface area (Å²) >= 11 is 4.68. The van der Waals surface area contributed by atoms with E-state index in [-0.39, 0.29) is 24.0 Å². The highest BCUT2D eigenvalue weighted by Gasteiger charge is 2.31. The van der Waals surface area contributed by atoms with Crippen LogP contribution >= 0.6 is 12.2 Å². The maximum Gasteiger partial charge on any atom is 0.237 e. The van der Waals surface area contributed by atoms with Crippen molar-refractivity contribution in [2.75, 3.05) is 27.2 Å². The summed E-state index contributed by atoms with van der Waals surface area (Å²) in [4.78, 5) is 12.7. The van der Waals surface area contributed by atoms with E-state index in [1.54, 1.807) is 21.0 Å². The van der Waals surface area contributed by atoms with Crippen molar-refractivity contribution >= 4 is 33.1 Å². The number of carbonyl (C=O) groups is 1. The Bertz CT molecular complexity index is 392. The normalized spacial score (nSPS) is 13.5. The second kappa shape index (κ2) is 6.27. The van der Waals surface area contributed by atoms with Crippen LogP contribution in [0.3, 0.4) is 0 Å². The first kappa shape index (κ1) is 16.3. The van der Waals surface area contributed by atoms with E-state index in [4.69, 9.17) is 5.73 Å². The highest BCUT2D eigenvalue weighted by Crippen LogP contribution is 2.09. The number of amides is 1.